The van der Waals surface area contributed by atoms with Crippen molar-refractivity contribution in [3.8, 4) is 39.3 Å². The van der Waals surface area contributed by atoms with Crippen LogP contribution in [-0.2, 0) is 0 Å². The first-order chi connectivity index (χ1) is 41.6. The minimum atomic E-state index is -1.14. The maximum atomic E-state index is 10.1. The Kier molecular flexibility index (Phi) is 2.96. The van der Waals surface area contributed by atoms with Crippen LogP contribution in [0.5, 0.6) is 0 Å². The molecule has 0 radical (unpaired) electrons. The molecular formula is C54H35N3. The number of para-hydroxylation sites is 6. The van der Waals surface area contributed by atoms with E-state index in [1.807, 2.05) is 0 Å². The fraction of sp³-hybridized carbons (Fsp3) is 0. The largest absolute Gasteiger partial charge is 0.309 e. The van der Waals surface area contributed by atoms with Crippen molar-refractivity contribution in [2.45, 2.75) is 0 Å². The van der Waals surface area contributed by atoms with E-state index in [0.29, 0.717) is 0 Å². The second-order valence-corrected chi connectivity index (χ2v) is 12.5. The van der Waals surface area contributed by atoms with Crippen LogP contribution in [0, 0.1) is 0 Å². The zero-order valence-corrected chi connectivity index (χ0v) is 28.6. The van der Waals surface area contributed by atoms with Gasteiger partial charge in [0.25, 0.3) is 0 Å². The van der Waals surface area contributed by atoms with E-state index in [-0.39, 0.29) is 0 Å². The van der Waals surface area contributed by atoms with Gasteiger partial charge in [0.15, 0.2) is 0 Å². The number of rotatable bonds is 5. The van der Waals surface area contributed by atoms with E-state index in [2.05, 4.69) is 0 Å². The molecule has 0 unspecified atom stereocenters. The second kappa shape index (κ2) is 12.5. The highest BCUT2D eigenvalue weighted by Gasteiger charge is 2.25. The minimum Gasteiger partial charge on any atom is -0.309 e. The summed E-state index contributed by atoms with van der Waals surface area (Å²) >= 11 is 0. The van der Waals surface area contributed by atoms with Gasteiger partial charge in [-0.1, -0.05) is 169 Å². The fourth-order valence-corrected chi connectivity index (χ4v) is 7.49. The summed E-state index contributed by atoms with van der Waals surface area (Å²) in [6, 6.07) is -27.4. The van der Waals surface area contributed by atoms with E-state index in [1.54, 1.807) is 0 Å². The van der Waals surface area contributed by atoms with Crippen LogP contribution >= 0.6 is 0 Å². The van der Waals surface area contributed by atoms with Gasteiger partial charge in [0, 0.05) is 43.4 Å². The summed E-state index contributed by atoms with van der Waals surface area (Å²) in [5.74, 6) is 0. The van der Waals surface area contributed by atoms with Gasteiger partial charge in [0.1, 0.15) is 0 Å². The lowest BCUT2D eigenvalue weighted by Gasteiger charge is -2.21. The van der Waals surface area contributed by atoms with Gasteiger partial charge in [0.05, 0.1) is 94.0 Å². The van der Waals surface area contributed by atoms with Crippen LogP contribution in [0.1, 0.15) is 43.9 Å². The molecule has 12 aromatic rings. The van der Waals surface area contributed by atoms with Crippen LogP contribution < -0.4 is 0 Å². The predicted octanol–water partition coefficient (Wildman–Crippen LogP) is 14.3. The number of aromatic nitrogens is 3. The highest BCUT2D eigenvalue weighted by Crippen LogP contribution is 2.45. The van der Waals surface area contributed by atoms with Gasteiger partial charge in [-0.3, -0.25) is 0 Å². The average Bonchev–Trinajstić information content (AvgIpc) is 1.53. The summed E-state index contributed by atoms with van der Waals surface area (Å²) in [4.78, 5) is 0. The van der Waals surface area contributed by atoms with Crippen LogP contribution in [0.4, 0.5) is 0 Å². The van der Waals surface area contributed by atoms with Crippen molar-refractivity contribution in [3.63, 3.8) is 0 Å². The first-order valence-corrected chi connectivity index (χ1v) is 17.0. The van der Waals surface area contributed by atoms with E-state index >= 15 is 0 Å². The molecule has 0 N–H and O–H groups in total. The Morgan fingerprint density at radius 1 is 0.316 bits per heavy atom. The number of nitrogens with zero attached hydrogens (tertiary/aromatic N) is 3. The Bertz CT molecular complexity index is 5180. The molecule has 0 saturated carbocycles. The number of hydrogen-bond acceptors (Lipinski definition) is 0. The molecule has 0 atom stereocenters. The molecule has 3 aromatic heterocycles. The predicted molar refractivity (Wildman–Crippen MR) is 240 cm³/mol. The summed E-state index contributed by atoms with van der Waals surface area (Å²) in [7, 11) is 0. The molecule has 57 heavy (non-hydrogen) atoms. The van der Waals surface area contributed by atoms with Crippen molar-refractivity contribution in [2.75, 3.05) is 0 Å². The zero-order valence-electron chi connectivity index (χ0n) is 60.6. The quantitative estimate of drug-likeness (QED) is 0.166. The summed E-state index contributed by atoms with van der Waals surface area (Å²) < 4.78 is 298. The molecule has 3 heterocycles. The highest BCUT2D eigenvalue weighted by molar-refractivity contribution is 6.19. The van der Waals surface area contributed by atoms with E-state index < -0.39 is 298 Å². The standard InChI is InChI=1S/C54H35N3/c1-3-18-36(19-4-1)38-26-15-27-39(37-20-5-2-6-21-37)53(38)57-47-31-13-9-24-42(47)43-28-16-35-51(54(43)57)56-48-32-14-10-25-44(48)52-49(33-17-34-50(52)56)55-45-29-11-7-22-40(45)41-23-8-12-30-46(41)55/h1-35H/i1D,2D,3D,4D,5D,6D,7D,8D,9D,10D,11D,12D,13D,14D,16D,17D,18D,19D,20D,21D,22D,23D,24D,25D,28D,29D,30D,31D,32D,33D,34D,35D. The van der Waals surface area contributed by atoms with Crippen molar-refractivity contribution in [2.24, 2.45) is 0 Å². The summed E-state index contributed by atoms with van der Waals surface area (Å²) in [5, 5.41) is -3.89. The molecule has 0 spiro atoms. The molecule has 0 aliphatic heterocycles. The van der Waals surface area contributed by atoms with E-state index in [4.69, 9.17) is 21.9 Å². The Morgan fingerprint density at radius 3 is 1.32 bits per heavy atom. The molecule has 3 heteroatoms. The summed E-state index contributed by atoms with van der Waals surface area (Å²) in [6.07, 6.45) is 0. The van der Waals surface area contributed by atoms with Gasteiger partial charge in [-0.15, -0.1) is 0 Å². The van der Waals surface area contributed by atoms with E-state index in [0.717, 1.165) is 25.8 Å². The third kappa shape index (κ3) is 4.60. The van der Waals surface area contributed by atoms with Crippen molar-refractivity contribution in [1.29, 1.82) is 0 Å². The highest BCUT2D eigenvalue weighted by atomic mass is 15.1. The van der Waals surface area contributed by atoms with Crippen LogP contribution in [0.3, 0.4) is 0 Å². The molecule has 12 rings (SSSR count). The van der Waals surface area contributed by atoms with E-state index in [1.165, 1.54) is 6.07 Å². The maximum absolute atomic E-state index is 10.1. The number of fused-ring (bicyclic) bond motifs is 9. The third-order valence-corrected chi connectivity index (χ3v) is 9.67. The lowest BCUT2D eigenvalue weighted by molar-refractivity contribution is 1.13. The van der Waals surface area contributed by atoms with Crippen LogP contribution in [0.15, 0.2) is 212 Å². The minimum absolute atomic E-state index is 0.517. The lowest BCUT2D eigenvalue weighted by atomic mass is 9.95. The smallest absolute Gasteiger partial charge is 0.0782 e. The Morgan fingerprint density at radius 2 is 0.719 bits per heavy atom. The number of hydrogen-bond donors (Lipinski definition) is 0. The average molecular weight is 758 g/mol. The molecule has 0 bridgehead atoms. The van der Waals surface area contributed by atoms with E-state index in [9.17, 15) is 21.9 Å². The SMILES string of the molecule is [2H]c1c([2H])c([2H])c(-c2cccc(-c3c([2H])c([2H])c([2H])c([2H])c3[2H])c2-n2c3c([2H])c([2H])c([2H])c([2H])c3c3c([2H])c([2H])c([2H])c(-n4c5c([2H])c([2H])c([2H])c([2H])c5c5c(-n6c7c([2H])c([2H])c([2H])c([2H])c7c7c([2H])c([2H])c([2H])c([2H])c76)c([2H])c([2H])c([2H])c54)c32)c([2H])c1[2H]. The van der Waals surface area contributed by atoms with Gasteiger partial charge in [0.2, 0.25) is 0 Å². The fourth-order valence-electron chi connectivity index (χ4n) is 7.49. The Balaban J connectivity index is 1.46. The zero-order chi connectivity index (χ0) is 65.3. The first-order valence-electron chi connectivity index (χ1n) is 33.0. The van der Waals surface area contributed by atoms with Gasteiger partial charge in [-0.25, -0.2) is 0 Å². The van der Waals surface area contributed by atoms with Crippen LogP contribution in [0.2, 0.25) is 0 Å². The monoisotopic (exact) mass is 757 g/mol. The summed E-state index contributed by atoms with van der Waals surface area (Å²) in [5.41, 5.74) is -9.23. The third-order valence-electron chi connectivity index (χ3n) is 9.67. The van der Waals surface area contributed by atoms with Gasteiger partial charge >= 0.3 is 0 Å². The molecule has 0 amide bonds. The summed E-state index contributed by atoms with van der Waals surface area (Å²) in [6.45, 7) is 0. The van der Waals surface area contributed by atoms with Crippen molar-refractivity contribution in [3.05, 3.63) is 212 Å². The first kappa shape index (κ1) is 13.5. The molecule has 9 aromatic carbocycles. The topological polar surface area (TPSA) is 14.8 Å². The maximum Gasteiger partial charge on any atom is 0.0782 e. The lowest BCUT2D eigenvalue weighted by Crippen LogP contribution is -2.04. The molecule has 0 fully saturated rings. The number of benzene rings is 9. The van der Waals surface area contributed by atoms with Crippen LogP contribution in [0.25, 0.3) is 105 Å². The Hall–Kier alpha value is -7.62. The Labute approximate surface area is 374 Å². The van der Waals surface area contributed by atoms with Crippen molar-refractivity contribution >= 4 is 65.4 Å². The van der Waals surface area contributed by atoms with Gasteiger partial charge in [-0.05, 0) is 53.4 Å². The van der Waals surface area contributed by atoms with Gasteiger partial charge < -0.3 is 13.7 Å². The molecule has 266 valence electrons. The van der Waals surface area contributed by atoms with Crippen molar-refractivity contribution in [1.82, 2.24) is 13.7 Å². The molecule has 3 nitrogen and oxygen atoms in total. The molecule has 0 saturated heterocycles. The second-order valence-electron chi connectivity index (χ2n) is 12.5. The van der Waals surface area contributed by atoms with Crippen molar-refractivity contribution < 1.29 is 43.9 Å². The molecule has 0 aliphatic carbocycles. The molecule has 0 aliphatic rings. The van der Waals surface area contributed by atoms with Gasteiger partial charge in [-0.2, -0.15) is 0 Å². The normalized spacial score (nSPS) is 19.7. The molecular weight excluding hydrogens is 691 g/mol. The van der Waals surface area contributed by atoms with Crippen LogP contribution in [-0.4, -0.2) is 13.7 Å².